The molecule has 7 N–H and O–H groups in total. The van der Waals surface area contributed by atoms with E-state index in [1.54, 1.807) is 0 Å². The van der Waals surface area contributed by atoms with Gasteiger partial charge in [-0.05, 0) is 6.08 Å². The number of nitrogens with zero attached hydrogens (tertiary/aromatic N) is 4. The van der Waals surface area contributed by atoms with E-state index in [4.69, 9.17) is 26.0 Å². The van der Waals surface area contributed by atoms with Crippen LogP contribution < -0.4 is 11.5 Å². The van der Waals surface area contributed by atoms with E-state index in [0.717, 1.165) is 5.82 Å². The number of aliphatic hydroxyl groups is 1. The van der Waals surface area contributed by atoms with Crippen LogP contribution in [-0.4, -0.2) is 46.6 Å². The van der Waals surface area contributed by atoms with Gasteiger partial charge in [-0.1, -0.05) is 0 Å². The normalized spacial score (nSPS) is 25.6. The molecule has 0 spiro atoms. The third kappa shape index (κ3) is 3.19. The molecule has 12 heteroatoms. The average molecular weight is 342 g/mol. The van der Waals surface area contributed by atoms with Crippen molar-refractivity contribution in [3.63, 3.8) is 0 Å². The lowest BCUT2D eigenvalue weighted by Gasteiger charge is -2.16. The van der Waals surface area contributed by atoms with E-state index in [1.807, 2.05) is 0 Å². The quantitative estimate of drug-likeness (QED) is 0.448. The highest BCUT2D eigenvalue weighted by atomic mass is 31.2. The molecule has 2 aromatic heterocycles. The van der Waals surface area contributed by atoms with Crippen LogP contribution in [-0.2, 0) is 9.30 Å². The Morgan fingerprint density at radius 3 is 2.83 bits per heavy atom. The van der Waals surface area contributed by atoms with E-state index in [-0.39, 0.29) is 18.2 Å². The molecule has 11 nitrogen and oxygen atoms in total. The van der Waals surface area contributed by atoms with Crippen LogP contribution in [0.25, 0.3) is 11.2 Å². The molecule has 1 aliphatic rings. The van der Waals surface area contributed by atoms with Crippen molar-refractivity contribution in [1.29, 1.82) is 0 Å². The van der Waals surface area contributed by atoms with Gasteiger partial charge in [0, 0.05) is 12.2 Å². The lowest BCUT2D eigenvalue weighted by molar-refractivity contribution is -0.0227. The number of ether oxygens (including phenoxy) is 1. The van der Waals surface area contributed by atoms with E-state index >= 15 is 0 Å². The minimum Gasteiger partial charge on any atom is -0.388 e. The number of anilines is 2. The van der Waals surface area contributed by atoms with E-state index < -0.39 is 26.0 Å². The highest BCUT2D eigenvalue weighted by Crippen LogP contribution is 2.38. The zero-order valence-corrected chi connectivity index (χ0v) is 12.6. The molecular formula is C11H15N6O5P. The van der Waals surface area contributed by atoms with Crippen LogP contribution in [0.1, 0.15) is 12.6 Å². The molecule has 0 aromatic carbocycles. The first-order chi connectivity index (χ1) is 10.7. The Kier molecular flexibility index (Phi) is 3.82. The second-order valence-electron chi connectivity index (χ2n) is 5.09. The Morgan fingerprint density at radius 2 is 2.13 bits per heavy atom. The van der Waals surface area contributed by atoms with Gasteiger partial charge < -0.3 is 31.1 Å². The third-order valence-corrected chi connectivity index (χ3v) is 3.91. The summed E-state index contributed by atoms with van der Waals surface area (Å²) in [6.45, 7) is 0. The van der Waals surface area contributed by atoms with E-state index in [9.17, 15) is 9.67 Å². The van der Waals surface area contributed by atoms with Crippen LogP contribution >= 0.6 is 7.60 Å². The monoisotopic (exact) mass is 342 g/mol. The molecule has 0 saturated carbocycles. The molecule has 0 amide bonds. The van der Waals surface area contributed by atoms with Crippen LogP contribution in [0.2, 0.25) is 0 Å². The predicted molar refractivity (Wildman–Crippen MR) is 79.9 cm³/mol. The van der Waals surface area contributed by atoms with Crippen molar-refractivity contribution in [1.82, 2.24) is 19.5 Å². The molecule has 0 radical (unpaired) electrons. The Morgan fingerprint density at radius 1 is 1.39 bits per heavy atom. The average Bonchev–Trinajstić information content (AvgIpc) is 2.99. The summed E-state index contributed by atoms with van der Waals surface area (Å²) in [7, 11) is -4.28. The summed E-state index contributed by atoms with van der Waals surface area (Å²) >= 11 is 0. The number of aromatic nitrogens is 4. The molecule has 1 fully saturated rings. The second-order valence-corrected chi connectivity index (χ2v) is 6.57. The topological polar surface area (TPSA) is 183 Å². The Hall–Kier alpha value is -2.04. The van der Waals surface area contributed by atoms with Crippen molar-refractivity contribution in [3.05, 3.63) is 18.2 Å². The Labute approximate surface area is 129 Å². The van der Waals surface area contributed by atoms with Gasteiger partial charge >= 0.3 is 7.60 Å². The van der Waals surface area contributed by atoms with Crippen molar-refractivity contribution >= 4 is 30.5 Å². The summed E-state index contributed by atoms with van der Waals surface area (Å²) in [5.74, 6) is 0.815. The van der Waals surface area contributed by atoms with Gasteiger partial charge in [-0.15, -0.1) is 0 Å². The summed E-state index contributed by atoms with van der Waals surface area (Å²) in [6.07, 6.45) is 0.364. The van der Waals surface area contributed by atoms with Crippen molar-refractivity contribution in [2.24, 2.45) is 0 Å². The summed E-state index contributed by atoms with van der Waals surface area (Å²) in [5, 5.41) is 10.2. The first-order valence-electron chi connectivity index (χ1n) is 6.58. The maximum atomic E-state index is 10.9. The highest BCUT2D eigenvalue weighted by molar-refractivity contribution is 7.55. The maximum absolute atomic E-state index is 10.9. The molecule has 3 unspecified atom stereocenters. The summed E-state index contributed by atoms with van der Waals surface area (Å²) < 4.78 is 17.9. The number of aliphatic hydroxyl groups excluding tert-OH is 1. The predicted octanol–water partition coefficient (Wildman–Crippen LogP) is -0.670. The highest BCUT2D eigenvalue weighted by Gasteiger charge is 2.35. The lowest BCUT2D eigenvalue weighted by Crippen LogP contribution is -2.19. The molecule has 3 rings (SSSR count). The second kappa shape index (κ2) is 5.55. The van der Waals surface area contributed by atoms with Crippen LogP contribution in [0.15, 0.2) is 18.2 Å². The van der Waals surface area contributed by atoms with E-state index in [0.29, 0.717) is 11.2 Å². The van der Waals surface area contributed by atoms with Gasteiger partial charge in [0.25, 0.3) is 0 Å². The van der Waals surface area contributed by atoms with Gasteiger partial charge in [-0.3, -0.25) is 9.13 Å². The van der Waals surface area contributed by atoms with Crippen molar-refractivity contribution in [2.45, 2.75) is 24.9 Å². The van der Waals surface area contributed by atoms with Gasteiger partial charge in [0.15, 0.2) is 17.7 Å². The fourth-order valence-corrected chi connectivity index (χ4v) is 2.82. The maximum Gasteiger partial charge on any atom is 0.348 e. The number of fused-ring (bicyclic) bond motifs is 1. The number of hydrogen-bond acceptors (Lipinski definition) is 8. The van der Waals surface area contributed by atoms with Gasteiger partial charge in [0.1, 0.15) is 11.6 Å². The molecule has 1 saturated heterocycles. The SMILES string of the molecule is Nc1nc(N)c2ncn(C3OC(C=CP(=O)(O)O)CC3O)c2n1. The number of nitrogen functional groups attached to an aromatic ring is 2. The fourth-order valence-electron chi connectivity index (χ4n) is 2.40. The smallest absolute Gasteiger partial charge is 0.348 e. The van der Waals surface area contributed by atoms with Crippen LogP contribution in [0.4, 0.5) is 11.8 Å². The molecule has 23 heavy (non-hydrogen) atoms. The van der Waals surface area contributed by atoms with Gasteiger partial charge in [-0.25, -0.2) is 4.98 Å². The molecule has 3 heterocycles. The number of nitrogens with two attached hydrogens (primary N) is 2. The molecule has 124 valence electrons. The minimum atomic E-state index is -4.28. The van der Waals surface area contributed by atoms with Crippen LogP contribution in [0.3, 0.4) is 0 Å². The van der Waals surface area contributed by atoms with Crippen LogP contribution in [0.5, 0.6) is 0 Å². The minimum absolute atomic E-state index is 0.0396. The van der Waals surface area contributed by atoms with Crippen molar-refractivity contribution < 1.29 is 24.2 Å². The van der Waals surface area contributed by atoms with Crippen molar-refractivity contribution in [3.8, 4) is 0 Å². The van der Waals surface area contributed by atoms with Gasteiger partial charge in [0.05, 0.1) is 12.4 Å². The van der Waals surface area contributed by atoms with Crippen LogP contribution in [0, 0.1) is 0 Å². The zero-order chi connectivity index (χ0) is 16.8. The first kappa shape index (κ1) is 15.8. The molecule has 0 aliphatic carbocycles. The number of hydrogen-bond donors (Lipinski definition) is 5. The number of imidazole rings is 1. The molecule has 2 aromatic rings. The molecule has 0 bridgehead atoms. The zero-order valence-electron chi connectivity index (χ0n) is 11.7. The summed E-state index contributed by atoms with van der Waals surface area (Å²) in [4.78, 5) is 29.6. The Balaban J connectivity index is 1.91. The number of rotatable bonds is 3. The Bertz CT molecular complexity index is 817. The third-order valence-electron chi connectivity index (χ3n) is 3.35. The first-order valence-corrected chi connectivity index (χ1v) is 8.26. The largest absolute Gasteiger partial charge is 0.388 e. The van der Waals surface area contributed by atoms with E-state index in [1.165, 1.54) is 17.0 Å². The standard InChI is InChI=1S/C11H15N6O5P/c12-8-7-9(16-11(13)15-8)17(4-14-7)10-6(18)3-5(22-10)1-2-23(19,20)21/h1-2,4-6,10,18H,3H2,(H2,19,20,21)(H4,12,13,15,16). The van der Waals surface area contributed by atoms with Gasteiger partial charge in [-0.2, -0.15) is 9.97 Å². The molecular weight excluding hydrogens is 327 g/mol. The lowest BCUT2D eigenvalue weighted by atomic mass is 10.2. The van der Waals surface area contributed by atoms with E-state index in [2.05, 4.69) is 15.0 Å². The van der Waals surface area contributed by atoms with Crippen molar-refractivity contribution in [2.75, 3.05) is 11.5 Å². The molecule has 3 atom stereocenters. The summed E-state index contributed by atoms with van der Waals surface area (Å²) in [5.41, 5.74) is 11.9. The fraction of sp³-hybridized carbons (Fsp3) is 0.364. The van der Waals surface area contributed by atoms with Gasteiger partial charge in [0.2, 0.25) is 5.95 Å². The summed E-state index contributed by atoms with van der Waals surface area (Å²) in [6, 6.07) is 0. The molecule has 1 aliphatic heterocycles.